The summed E-state index contributed by atoms with van der Waals surface area (Å²) >= 11 is 0. The van der Waals surface area contributed by atoms with Gasteiger partial charge in [0.1, 0.15) is 5.75 Å². The third-order valence-electron chi connectivity index (χ3n) is 7.28. The van der Waals surface area contributed by atoms with Crippen molar-refractivity contribution in [3.63, 3.8) is 0 Å². The van der Waals surface area contributed by atoms with Crippen LogP contribution >= 0.6 is 0 Å². The molecule has 3 aromatic rings. The molecule has 2 aliphatic rings. The van der Waals surface area contributed by atoms with Crippen molar-refractivity contribution in [1.29, 1.82) is 0 Å². The lowest BCUT2D eigenvalue weighted by atomic mass is 9.84. The van der Waals surface area contributed by atoms with E-state index in [0.29, 0.717) is 33.6 Å². The molecule has 0 saturated carbocycles. The van der Waals surface area contributed by atoms with Crippen LogP contribution in [0.5, 0.6) is 5.75 Å². The quantitative estimate of drug-likeness (QED) is 0.388. The molecular weight excluding hydrogens is 502 g/mol. The molecule has 1 aromatic heterocycles. The zero-order valence-electron chi connectivity index (χ0n) is 23.0. The number of hydrogen-bond acceptors (Lipinski definition) is 5. The number of aliphatic carboxylic acids is 1. The van der Waals surface area contributed by atoms with Gasteiger partial charge in [-0.1, -0.05) is 24.3 Å². The number of aromatic nitrogens is 1. The standard InChI is InChI=1S/C31H34F2N2O4/c1-17-25(20-6-7-22-16-34-12-10-19(22)14-20)27(21-8-9-24-23(15-21)31(32,33)11-13-38-24)26(18(2)35-17)28(29(36)37)39-30(3,4)5/h6-9,14-15,28,34H,10-13,16H2,1-5H3,(H,36,37). The first-order valence-electron chi connectivity index (χ1n) is 13.3. The van der Waals surface area contributed by atoms with E-state index in [4.69, 9.17) is 14.5 Å². The predicted molar refractivity (Wildman–Crippen MR) is 145 cm³/mol. The highest BCUT2D eigenvalue weighted by atomic mass is 19.3. The number of rotatable bonds is 5. The van der Waals surface area contributed by atoms with Crippen LogP contribution in [0.4, 0.5) is 8.78 Å². The molecule has 39 heavy (non-hydrogen) atoms. The summed E-state index contributed by atoms with van der Waals surface area (Å²) in [5.41, 5.74) is 5.51. The summed E-state index contributed by atoms with van der Waals surface area (Å²) in [7, 11) is 0. The fraction of sp³-hybridized carbons (Fsp3) is 0.419. The first-order chi connectivity index (χ1) is 18.4. The molecule has 1 atom stereocenters. The molecule has 206 valence electrons. The molecule has 0 fully saturated rings. The van der Waals surface area contributed by atoms with Crippen molar-refractivity contribution in [2.45, 2.75) is 71.6 Å². The molecule has 2 aromatic carbocycles. The van der Waals surface area contributed by atoms with E-state index in [0.717, 1.165) is 25.1 Å². The zero-order chi connectivity index (χ0) is 28.1. The molecular formula is C31H34F2N2O4. The third-order valence-corrected chi connectivity index (χ3v) is 7.28. The first-order valence-corrected chi connectivity index (χ1v) is 13.3. The third kappa shape index (κ3) is 5.28. The van der Waals surface area contributed by atoms with Crippen molar-refractivity contribution in [2.24, 2.45) is 0 Å². The molecule has 8 heteroatoms. The summed E-state index contributed by atoms with van der Waals surface area (Å²) in [6.07, 6.45) is -0.917. The lowest BCUT2D eigenvalue weighted by Crippen LogP contribution is -2.29. The Morgan fingerprint density at radius 1 is 1.08 bits per heavy atom. The molecule has 2 aliphatic heterocycles. The Morgan fingerprint density at radius 3 is 2.51 bits per heavy atom. The highest BCUT2D eigenvalue weighted by Crippen LogP contribution is 2.47. The summed E-state index contributed by atoms with van der Waals surface area (Å²) in [6, 6.07) is 10.9. The molecule has 0 bridgehead atoms. The second kappa shape index (κ2) is 9.99. The summed E-state index contributed by atoms with van der Waals surface area (Å²) < 4.78 is 41.7. The van der Waals surface area contributed by atoms with E-state index in [2.05, 4.69) is 17.4 Å². The van der Waals surface area contributed by atoms with Crippen LogP contribution in [0.1, 0.15) is 66.9 Å². The van der Waals surface area contributed by atoms with Gasteiger partial charge in [0.15, 0.2) is 6.10 Å². The van der Waals surface area contributed by atoms with Gasteiger partial charge in [-0.25, -0.2) is 13.6 Å². The summed E-state index contributed by atoms with van der Waals surface area (Å²) in [5.74, 6) is -4.09. The van der Waals surface area contributed by atoms with Crippen LogP contribution in [0.25, 0.3) is 22.3 Å². The number of fused-ring (bicyclic) bond motifs is 2. The van der Waals surface area contributed by atoms with Crippen LogP contribution in [0.15, 0.2) is 36.4 Å². The van der Waals surface area contributed by atoms with E-state index >= 15 is 8.78 Å². The number of ether oxygens (including phenoxy) is 2. The number of hydrogen-bond donors (Lipinski definition) is 2. The topological polar surface area (TPSA) is 80.7 Å². The lowest BCUT2D eigenvalue weighted by Gasteiger charge is -2.30. The number of carbonyl (C=O) groups is 1. The molecule has 5 rings (SSSR count). The highest BCUT2D eigenvalue weighted by molar-refractivity contribution is 5.91. The van der Waals surface area contributed by atoms with Crippen molar-refractivity contribution in [2.75, 3.05) is 13.2 Å². The summed E-state index contributed by atoms with van der Waals surface area (Å²) in [4.78, 5) is 17.4. The number of aryl methyl sites for hydroxylation is 2. The molecule has 1 unspecified atom stereocenters. The predicted octanol–water partition coefficient (Wildman–Crippen LogP) is 6.49. The van der Waals surface area contributed by atoms with Gasteiger partial charge in [0.2, 0.25) is 0 Å². The van der Waals surface area contributed by atoms with Crippen LogP contribution in [-0.2, 0) is 28.4 Å². The SMILES string of the molecule is Cc1nc(C)c(C(OC(C)(C)C)C(=O)O)c(-c2ccc3c(c2)C(F)(F)CCO3)c1-c1ccc2c(c1)CCNC2. The number of alkyl halides is 2. The summed E-state index contributed by atoms with van der Waals surface area (Å²) in [6.45, 7) is 10.5. The Labute approximate surface area is 227 Å². The van der Waals surface area contributed by atoms with Crippen LogP contribution in [0.2, 0.25) is 0 Å². The second-order valence-electron chi connectivity index (χ2n) is 11.3. The van der Waals surface area contributed by atoms with E-state index in [1.807, 2.05) is 13.0 Å². The van der Waals surface area contributed by atoms with Gasteiger partial charge in [-0.3, -0.25) is 4.98 Å². The maximum absolute atomic E-state index is 15.1. The lowest BCUT2D eigenvalue weighted by molar-refractivity contribution is -0.160. The minimum absolute atomic E-state index is 0.0617. The number of nitrogens with one attached hydrogen (secondary N) is 1. The summed E-state index contributed by atoms with van der Waals surface area (Å²) in [5, 5.41) is 13.7. The largest absolute Gasteiger partial charge is 0.493 e. The van der Waals surface area contributed by atoms with E-state index in [1.165, 1.54) is 17.2 Å². The zero-order valence-corrected chi connectivity index (χ0v) is 23.0. The minimum atomic E-state index is -3.06. The highest BCUT2D eigenvalue weighted by Gasteiger charge is 2.39. The van der Waals surface area contributed by atoms with Crippen LogP contribution in [0, 0.1) is 13.8 Å². The first kappa shape index (κ1) is 27.2. The number of carboxylic acid groups (broad SMARTS) is 1. The van der Waals surface area contributed by atoms with Crippen LogP contribution in [0.3, 0.4) is 0 Å². The monoisotopic (exact) mass is 536 g/mol. The Morgan fingerprint density at radius 2 is 1.79 bits per heavy atom. The van der Waals surface area contributed by atoms with Gasteiger partial charge in [0.25, 0.3) is 5.92 Å². The average molecular weight is 537 g/mol. The molecule has 2 N–H and O–H groups in total. The number of benzene rings is 2. The second-order valence-corrected chi connectivity index (χ2v) is 11.3. The smallest absolute Gasteiger partial charge is 0.337 e. The van der Waals surface area contributed by atoms with Crippen LogP contribution < -0.4 is 10.1 Å². The van der Waals surface area contributed by atoms with Crippen molar-refractivity contribution in [3.05, 3.63) is 70.0 Å². The number of carboxylic acids is 1. The Bertz CT molecular complexity index is 1450. The van der Waals surface area contributed by atoms with Gasteiger partial charge < -0.3 is 19.9 Å². The van der Waals surface area contributed by atoms with Gasteiger partial charge in [-0.05, 0) is 87.5 Å². The fourth-order valence-electron chi connectivity index (χ4n) is 5.58. The van der Waals surface area contributed by atoms with Crippen molar-refractivity contribution in [3.8, 4) is 28.0 Å². The van der Waals surface area contributed by atoms with Crippen molar-refractivity contribution >= 4 is 5.97 Å². The van der Waals surface area contributed by atoms with Gasteiger partial charge in [-0.15, -0.1) is 0 Å². The number of pyridine rings is 1. The molecule has 0 aliphatic carbocycles. The van der Waals surface area contributed by atoms with Gasteiger partial charge in [0.05, 0.1) is 24.2 Å². The normalized spacial score (nSPS) is 17.1. The van der Waals surface area contributed by atoms with Gasteiger partial charge >= 0.3 is 5.97 Å². The maximum atomic E-state index is 15.1. The maximum Gasteiger partial charge on any atom is 0.337 e. The molecule has 0 saturated heterocycles. The molecule has 3 heterocycles. The minimum Gasteiger partial charge on any atom is -0.493 e. The Balaban J connectivity index is 1.83. The van der Waals surface area contributed by atoms with Gasteiger partial charge in [0, 0.05) is 29.1 Å². The molecule has 0 radical (unpaired) electrons. The molecule has 6 nitrogen and oxygen atoms in total. The Hall–Kier alpha value is -3.36. The van der Waals surface area contributed by atoms with E-state index in [-0.39, 0.29) is 17.9 Å². The Kier molecular flexibility index (Phi) is 6.97. The molecule has 0 spiro atoms. The van der Waals surface area contributed by atoms with Crippen molar-refractivity contribution in [1.82, 2.24) is 10.3 Å². The molecule has 0 amide bonds. The van der Waals surface area contributed by atoms with E-state index in [9.17, 15) is 9.90 Å². The van der Waals surface area contributed by atoms with Crippen molar-refractivity contribution < 1.29 is 28.2 Å². The van der Waals surface area contributed by atoms with Gasteiger partial charge in [-0.2, -0.15) is 0 Å². The van der Waals surface area contributed by atoms with E-state index in [1.54, 1.807) is 39.8 Å². The number of halogens is 2. The fourth-order valence-corrected chi connectivity index (χ4v) is 5.58. The van der Waals surface area contributed by atoms with E-state index < -0.39 is 30.0 Å². The number of nitrogens with zero attached hydrogens (tertiary/aromatic N) is 1. The average Bonchev–Trinajstić information content (AvgIpc) is 2.86. The van der Waals surface area contributed by atoms with Crippen LogP contribution in [-0.4, -0.2) is 34.8 Å².